The molecule has 3 rings (SSSR count). The first-order valence-electron chi connectivity index (χ1n) is 7.17. The molecule has 0 aliphatic heterocycles. The van der Waals surface area contributed by atoms with Gasteiger partial charge in [0.25, 0.3) is 0 Å². The Morgan fingerprint density at radius 3 is 2.65 bits per heavy atom. The van der Waals surface area contributed by atoms with E-state index in [1.54, 1.807) is 30.7 Å². The van der Waals surface area contributed by atoms with E-state index in [2.05, 4.69) is 11.1 Å². The Hall–Kier alpha value is -3.19. The number of nitriles is 1. The van der Waals surface area contributed by atoms with E-state index in [4.69, 9.17) is 5.26 Å². The lowest BCUT2D eigenvalue weighted by Crippen LogP contribution is -1.99. The van der Waals surface area contributed by atoms with Gasteiger partial charge in [0.1, 0.15) is 5.82 Å². The van der Waals surface area contributed by atoms with Crippen LogP contribution in [0, 0.1) is 17.1 Å². The molecule has 0 saturated carbocycles. The van der Waals surface area contributed by atoms with Crippen molar-refractivity contribution >= 4 is 12.2 Å². The van der Waals surface area contributed by atoms with Crippen LogP contribution < -0.4 is 0 Å². The molecule has 0 unspecified atom stereocenters. The van der Waals surface area contributed by atoms with Gasteiger partial charge in [0, 0.05) is 18.9 Å². The van der Waals surface area contributed by atoms with Gasteiger partial charge < -0.3 is 4.57 Å². The van der Waals surface area contributed by atoms with Crippen LogP contribution in [0.2, 0.25) is 0 Å². The number of rotatable bonds is 4. The van der Waals surface area contributed by atoms with E-state index in [1.165, 1.54) is 12.1 Å². The normalized spacial score (nSPS) is 10.8. The molecule has 0 N–H and O–H groups in total. The highest BCUT2D eigenvalue weighted by Gasteiger charge is 2.03. The van der Waals surface area contributed by atoms with Gasteiger partial charge in [-0.2, -0.15) is 5.26 Å². The van der Waals surface area contributed by atoms with Crippen LogP contribution in [0.25, 0.3) is 12.2 Å². The summed E-state index contributed by atoms with van der Waals surface area (Å²) in [5.41, 5.74) is 3.59. The molecular formula is C19H14FN3. The molecule has 2 aromatic carbocycles. The van der Waals surface area contributed by atoms with Gasteiger partial charge in [-0.3, -0.25) is 0 Å². The number of benzene rings is 2. The summed E-state index contributed by atoms with van der Waals surface area (Å²) in [5, 5.41) is 9.09. The summed E-state index contributed by atoms with van der Waals surface area (Å²) in [6, 6.07) is 14.1. The molecule has 0 aliphatic carbocycles. The van der Waals surface area contributed by atoms with E-state index in [0.29, 0.717) is 12.1 Å². The smallest absolute Gasteiger partial charge is 0.123 e. The number of halogens is 1. The van der Waals surface area contributed by atoms with Crippen molar-refractivity contribution in [3.05, 3.63) is 89.3 Å². The molecular weight excluding hydrogens is 289 g/mol. The molecule has 112 valence electrons. The number of nitrogens with zero attached hydrogens (tertiary/aromatic N) is 3. The molecule has 0 aliphatic rings. The Morgan fingerprint density at radius 2 is 1.96 bits per heavy atom. The van der Waals surface area contributed by atoms with E-state index in [9.17, 15) is 4.39 Å². The summed E-state index contributed by atoms with van der Waals surface area (Å²) >= 11 is 0. The maximum Gasteiger partial charge on any atom is 0.123 e. The van der Waals surface area contributed by atoms with Crippen LogP contribution in [0.3, 0.4) is 0 Å². The molecule has 0 atom stereocenters. The van der Waals surface area contributed by atoms with E-state index < -0.39 is 0 Å². The average molecular weight is 303 g/mol. The molecule has 4 heteroatoms. The van der Waals surface area contributed by atoms with Crippen LogP contribution in [0.15, 0.2) is 61.2 Å². The van der Waals surface area contributed by atoms with Crippen LogP contribution in [0.1, 0.15) is 22.3 Å². The Balaban J connectivity index is 1.91. The van der Waals surface area contributed by atoms with Gasteiger partial charge in [0.2, 0.25) is 0 Å². The highest BCUT2D eigenvalue weighted by Crippen LogP contribution is 2.17. The van der Waals surface area contributed by atoms with Crippen molar-refractivity contribution in [3.63, 3.8) is 0 Å². The topological polar surface area (TPSA) is 41.6 Å². The predicted molar refractivity (Wildman–Crippen MR) is 87.8 cm³/mol. The van der Waals surface area contributed by atoms with E-state index in [-0.39, 0.29) is 5.82 Å². The van der Waals surface area contributed by atoms with E-state index >= 15 is 0 Å². The molecule has 0 fully saturated rings. The molecule has 23 heavy (non-hydrogen) atoms. The van der Waals surface area contributed by atoms with Crippen molar-refractivity contribution in [2.75, 3.05) is 0 Å². The molecule has 0 radical (unpaired) electrons. The van der Waals surface area contributed by atoms with Gasteiger partial charge >= 0.3 is 0 Å². The zero-order valence-corrected chi connectivity index (χ0v) is 12.4. The van der Waals surface area contributed by atoms with Crippen molar-refractivity contribution in [2.45, 2.75) is 6.54 Å². The van der Waals surface area contributed by atoms with Gasteiger partial charge in [-0.15, -0.1) is 0 Å². The number of hydrogen-bond donors (Lipinski definition) is 0. The van der Waals surface area contributed by atoms with Crippen molar-refractivity contribution in [1.82, 2.24) is 9.55 Å². The van der Waals surface area contributed by atoms with Crippen LogP contribution in [0.5, 0.6) is 0 Å². The lowest BCUT2D eigenvalue weighted by molar-refractivity contribution is 0.628. The van der Waals surface area contributed by atoms with Crippen molar-refractivity contribution in [3.8, 4) is 6.07 Å². The Bertz CT molecular complexity index is 857. The third kappa shape index (κ3) is 3.72. The summed E-state index contributed by atoms with van der Waals surface area (Å²) in [6.07, 6.45) is 9.25. The van der Waals surface area contributed by atoms with Crippen molar-refractivity contribution in [2.24, 2.45) is 0 Å². The second kappa shape index (κ2) is 6.71. The van der Waals surface area contributed by atoms with Crippen molar-refractivity contribution in [1.29, 1.82) is 5.26 Å². The molecule has 1 aromatic heterocycles. The largest absolute Gasteiger partial charge is 0.333 e. The van der Waals surface area contributed by atoms with E-state index in [1.807, 2.05) is 35.0 Å². The molecule has 1 heterocycles. The van der Waals surface area contributed by atoms with Gasteiger partial charge in [-0.05, 0) is 41.0 Å². The summed E-state index contributed by atoms with van der Waals surface area (Å²) in [6.45, 7) is 0.638. The lowest BCUT2D eigenvalue weighted by Gasteiger charge is -2.08. The number of aromatic nitrogens is 2. The van der Waals surface area contributed by atoms with Crippen LogP contribution >= 0.6 is 0 Å². The Morgan fingerprint density at radius 1 is 1.13 bits per heavy atom. The molecule has 0 bridgehead atoms. The lowest BCUT2D eigenvalue weighted by atomic mass is 10.0. The predicted octanol–water partition coefficient (Wildman–Crippen LogP) is 4.11. The minimum absolute atomic E-state index is 0.249. The van der Waals surface area contributed by atoms with Crippen molar-refractivity contribution < 1.29 is 4.39 Å². The average Bonchev–Trinajstić information content (AvgIpc) is 3.08. The minimum Gasteiger partial charge on any atom is -0.333 e. The first kappa shape index (κ1) is 14.7. The maximum absolute atomic E-state index is 12.9. The zero-order valence-electron chi connectivity index (χ0n) is 12.4. The zero-order chi connectivity index (χ0) is 16.1. The maximum atomic E-state index is 12.9. The first-order valence-corrected chi connectivity index (χ1v) is 7.17. The highest BCUT2D eigenvalue weighted by molar-refractivity contribution is 5.71. The summed E-state index contributed by atoms with van der Waals surface area (Å²) < 4.78 is 14.9. The summed E-state index contributed by atoms with van der Waals surface area (Å²) in [5.74, 6) is -0.249. The van der Waals surface area contributed by atoms with Crippen LogP contribution in [-0.4, -0.2) is 9.55 Å². The van der Waals surface area contributed by atoms with Gasteiger partial charge in [0.05, 0.1) is 18.0 Å². The number of hydrogen-bond acceptors (Lipinski definition) is 2. The third-order valence-corrected chi connectivity index (χ3v) is 3.51. The highest BCUT2D eigenvalue weighted by atomic mass is 19.1. The fraction of sp³-hybridized carbons (Fsp3) is 0.0526. The SMILES string of the molecule is N#Cc1ccc(C=Cc2ccc(F)cc2)c(Cn2ccnc2)c1. The first-order chi connectivity index (χ1) is 11.2. The summed E-state index contributed by atoms with van der Waals surface area (Å²) in [7, 11) is 0. The van der Waals surface area contributed by atoms with E-state index in [0.717, 1.165) is 16.7 Å². The Kier molecular flexibility index (Phi) is 4.30. The number of imidazole rings is 1. The monoisotopic (exact) mass is 303 g/mol. The molecule has 3 aromatic rings. The van der Waals surface area contributed by atoms with Crippen LogP contribution in [-0.2, 0) is 6.54 Å². The second-order valence-electron chi connectivity index (χ2n) is 5.15. The second-order valence-corrected chi connectivity index (χ2v) is 5.15. The minimum atomic E-state index is -0.249. The summed E-state index contributed by atoms with van der Waals surface area (Å²) in [4.78, 5) is 4.04. The quantitative estimate of drug-likeness (QED) is 0.681. The fourth-order valence-electron chi connectivity index (χ4n) is 2.31. The van der Waals surface area contributed by atoms with Crippen LogP contribution in [0.4, 0.5) is 4.39 Å². The van der Waals surface area contributed by atoms with Gasteiger partial charge in [-0.25, -0.2) is 9.37 Å². The molecule has 3 nitrogen and oxygen atoms in total. The molecule has 0 spiro atoms. The standard InChI is InChI=1S/C19H14FN3/c20-19-7-3-15(4-8-19)1-5-17-6-2-16(12-21)11-18(17)13-23-10-9-22-14-23/h1-11,14H,13H2. The fourth-order valence-corrected chi connectivity index (χ4v) is 2.31. The van der Waals surface area contributed by atoms with Gasteiger partial charge in [-0.1, -0.05) is 30.4 Å². The Labute approximate surface area is 134 Å². The third-order valence-electron chi connectivity index (χ3n) is 3.51. The molecule has 0 saturated heterocycles. The van der Waals surface area contributed by atoms with Gasteiger partial charge in [0.15, 0.2) is 0 Å². The molecule has 0 amide bonds.